The second-order valence-corrected chi connectivity index (χ2v) is 5.95. The molecular weight excluding hydrogens is 294 g/mol. The molecule has 1 aliphatic rings. The van der Waals surface area contributed by atoms with Gasteiger partial charge in [-0.2, -0.15) is 0 Å². The maximum atomic E-state index is 11.6. The highest BCUT2D eigenvalue weighted by Crippen LogP contribution is 2.18. The Morgan fingerprint density at radius 1 is 1.30 bits per heavy atom. The molecule has 1 unspecified atom stereocenters. The zero-order valence-corrected chi connectivity index (χ0v) is 13.5. The van der Waals surface area contributed by atoms with E-state index < -0.39 is 0 Å². The molecule has 1 saturated carbocycles. The first-order chi connectivity index (χ1) is 11.1. The lowest BCUT2D eigenvalue weighted by Gasteiger charge is -2.10. The molecule has 0 aliphatic heterocycles. The number of rotatable bonds is 9. The fourth-order valence-electron chi connectivity index (χ4n) is 2.01. The van der Waals surface area contributed by atoms with Crippen molar-refractivity contribution in [1.82, 2.24) is 10.6 Å². The van der Waals surface area contributed by atoms with Gasteiger partial charge in [0.1, 0.15) is 5.75 Å². The van der Waals surface area contributed by atoms with Crippen LogP contribution in [0.5, 0.6) is 5.75 Å². The molecule has 6 heteroatoms. The SMILES string of the molecule is CC(CN)C(=O)NCCc1ccc(OCC(=O)NC2CC2)cc1. The van der Waals surface area contributed by atoms with Crippen LogP contribution in [0.4, 0.5) is 0 Å². The molecule has 1 aromatic carbocycles. The summed E-state index contributed by atoms with van der Waals surface area (Å²) in [6, 6.07) is 7.90. The van der Waals surface area contributed by atoms with E-state index in [1.807, 2.05) is 24.3 Å². The van der Waals surface area contributed by atoms with E-state index in [4.69, 9.17) is 10.5 Å². The van der Waals surface area contributed by atoms with Crippen LogP contribution >= 0.6 is 0 Å². The van der Waals surface area contributed by atoms with E-state index in [0.29, 0.717) is 24.9 Å². The number of carbonyl (C=O) groups excluding carboxylic acids is 2. The third kappa shape index (κ3) is 6.28. The van der Waals surface area contributed by atoms with Crippen molar-refractivity contribution in [2.24, 2.45) is 11.7 Å². The van der Waals surface area contributed by atoms with Gasteiger partial charge >= 0.3 is 0 Å². The lowest BCUT2D eigenvalue weighted by Crippen LogP contribution is -2.34. The third-order valence-corrected chi connectivity index (χ3v) is 3.75. The fraction of sp³-hybridized carbons (Fsp3) is 0.529. The second-order valence-electron chi connectivity index (χ2n) is 5.95. The largest absolute Gasteiger partial charge is 0.484 e. The Hall–Kier alpha value is -2.08. The standard InChI is InChI=1S/C17H25N3O3/c1-12(10-18)17(22)19-9-8-13-2-6-15(7-3-13)23-11-16(21)20-14-4-5-14/h2-3,6-7,12,14H,4-5,8-11,18H2,1H3,(H,19,22)(H,20,21). The monoisotopic (exact) mass is 319 g/mol. The van der Waals surface area contributed by atoms with Crippen molar-refractivity contribution in [2.45, 2.75) is 32.2 Å². The van der Waals surface area contributed by atoms with Gasteiger partial charge in [-0.05, 0) is 37.0 Å². The molecule has 0 bridgehead atoms. The number of ether oxygens (including phenoxy) is 1. The van der Waals surface area contributed by atoms with Crippen molar-refractivity contribution in [3.63, 3.8) is 0 Å². The maximum absolute atomic E-state index is 11.6. The highest BCUT2D eigenvalue weighted by Gasteiger charge is 2.23. The Morgan fingerprint density at radius 3 is 2.61 bits per heavy atom. The van der Waals surface area contributed by atoms with Crippen LogP contribution in [0, 0.1) is 5.92 Å². The molecule has 0 saturated heterocycles. The lowest BCUT2D eigenvalue weighted by atomic mass is 10.1. The number of nitrogens with one attached hydrogen (secondary N) is 2. The molecule has 1 fully saturated rings. The van der Waals surface area contributed by atoms with Crippen LogP contribution in [-0.2, 0) is 16.0 Å². The Kier molecular flexibility index (Phi) is 6.40. The molecule has 1 aliphatic carbocycles. The van der Waals surface area contributed by atoms with Crippen LogP contribution in [-0.4, -0.2) is 37.6 Å². The first-order valence-electron chi connectivity index (χ1n) is 8.07. The predicted octanol–water partition coefficient (Wildman–Crippen LogP) is 0.598. The number of hydrogen-bond acceptors (Lipinski definition) is 4. The summed E-state index contributed by atoms with van der Waals surface area (Å²) in [4.78, 5) is 23.1. The molecule has 0 heterocycles. The van der Waals surface area contributed by atoms with Gasteiger partial charge in [-0.3, -0.25) is 9.59 Å². The Labute approximate surface area is 136 Å². The van der Waals surface area contributed by atoms with E-state index in [1.54, 1.807) is 6.92 Å². The van der Waals surface area contributed by atoms with Gasteiger partial charge in [0.15, 0.2) is 6.61 Å². The zero-order chi connectivity index (χ0) is 16.7. The Bertz CT molecular complexity index is 526. The van der Waals surface area contributed by atoms with E-state index in [-0.39, 0.29) is 24.3 Å². The summed E-state index contributed by atoms with van der Waals surface area (Å²) in [5.41, 5.74) is 6.55. The van der Waals surface area contributed by atoms with Gasteiger partial charge in [-0.1, -0.05) is 19.1 Å². The van der Waals surface area contributed by atoms with Gasteiger partial charge in [0, 0.05) is 25.0 Å². The van der Waals surface area contributed by atoms with Gasteiger partial charge in [0.25, 0.3) is 5.91 Å². The number of nitrogens with two attached hydrogens (primary N) is 1. The first kappa shape index (κ1) is 17.3. The third-order valence-electron chi connectivity index (χ3n) is 3.75. The number of hydrogen-bond donors (Lipinski definition) is 3. The van der Waals surface area contributed by atoms with Gasteiger partial charge in [0.2, 0.25) is 5.91 Å². The molecule has 4 N–H and O–H groups in total. The normalized spacial score (nSPS) is 14.9. The van der Waals surface area contributed by atoms with Crippen molar-refractivity contribution in [1.29, 1.82) is 0 Å². The Morgan fingerprint density at radius 2 is 2.00 bits per heavy atom. The van der Waals surface area contributed by atoms with E-state index in [1.165, 1.54) is 0 Å². The lowest BCUT2D eigenvalue weighted by molar-refractivity contribution is -0.124. The molecule has 6 nitrogen and oxygen atoms in total. The minimum absolute atomic E-state index is 0.0193. The topological polar surface area (TPSA) is 93.5 Å². The quantitative estimate of drug-likeness (QED) is 0.621. The summed E-state index contributed by atoms with van der Waals surface area (Å²) in [6.07, 6.45) is 2.88. The smallest absolute Gasteiger partial charge is 0.258 e. The highest BCUT2D eigenvalue weighted by molar-refractivity contribution is 5.78. The van der Waals surface area contributed by atoms with E-state index in [2.05, 4.69) is 10.6 Å². The molecule has 2 amide bonds. The van der Waals surface area contributed by atoms with Crippen molar-refractivity contribution in [3.05, 3.63) is 29.8 Å². The summed E-state index contributed by atoms with van der Waals surface area (Å²) in [6.45, 7) is 2.78. The minimum atomic E-state index is -0.160. The molecule has 2 rings (SSSR count). The average molecular weight is 319 g/mol. The highest BCUT2D eigenvalue weighted by atomic mass is 16.5. The van der Waals surface area contributed by atoms with Gasteiger partial charge in [-0.15, -0.1) is 0 Å². The fourth-order valence-corrected chi connectivity index (χ4v) is 2.01. The molecule has 126 valence electrons. The first-order valence-corrected chi connectivity index (χ1v) is 8.07. The van der Waals surface area contributed by atoms with Gasteiger partial charge < -0.3 is 21.1 Å². The van der Waals surface area contributed by atoms with E-state index >= 15 is 0 Å². The summed E-state index contributed by atoms with van der Waals surface area (Å²) >= 11 is 0. The number of carbonyl (C=O) groups is 2. The maximum Gasteiger partial charge on any atom is 0.258 e. The van der Waals surface area contributed by atoms with Crippen LogP contribution in [0.15, 0.2) is 24.3 Å². The molecule has 1 aromatic rings. The molecule has 23 heavy (non-hydrogen) atoms. The van der Waals surface area contributed by atoms with Crippen LogP contribution in [0.3, 0.4) is 0 Å². The zero-order valence-electron chi connectivity index (χ0n) is 13.5. The van der Waals surface area contributed by atoms with E-state index in [0.717, 1.165) is 24.8 Å². The van der Waals surface area contributed by atoms with Gasteiger partial charge in [-0.25, -0.2) is 0 Å². The van der Waals surface area contributed by atoms with Crippen molar-refractivity contribution in [3.8, 4) is 5.75 Å². The number of benzene rings is 1. The van der Waals surface area contributed by atoms with E-state index in [9.17, 15) is 9.59 Å². The van der Waals surface area contributed by atoms with Crippen LogP contribution < -0.4 is 21.1 Å². The Balaban J connectivity index is 1.67. The molecule has 0 radical (unpaired) electrons. The summed E-state index contributed by atoms with van der Waals surface area (Å²) in [5, 5.41) is 5.73. The second kappa shape index (κ2) is 8.53. The molecule has 0 aromatic heterocycles. The van der Waals surface area contributed by atoms with Crippen LogP contribution in [0.2, 0.25) is 0 Å². The summed E-state index contributed by atoms with van der Waals surface area (Å²) in [7, 11) is 0. The van der Waals surface area contributed by atoms with Crippen molar-refractivity contribution in [2.75, 3.05) is 19.7 Å². The molecule has 0 spiro atoms. The van der Waals surface area contributed by atoms with Crippen LogP contribution in [0.25, 0.3) is 0 Å². The van der Waals surface area contributed by atoms with Gasteiger partial charge in [0.05, 0.1) is 0 Å². The summed E-state index contributed by atoms with van der Waals surface area (Å²) < 4.78 is 5.44. The minimum Gasteiger partial charge on any atom is -0.484 e. The predicted molar refractivity (Wildman–Crippen MR) is 88.0 cm³/mol. The molecular formula is C17H25N3O3. The number of amides is 2. The van der Waals surface area contributed by atoms with Crippen LogP contribution in [0.1, 0.15) is 25.3 Å². The van der Waals surface area contributed by atoms with Crippen molar-refractivity contribution < 1.29 is 14.3 Å². The summed E-state index contributed by atoms with van der Waals surface area (Å²) in [5.74, 6) is 0.412. The van der Waals surface area contributed by atoms with Crippen molar-refractivity contribution >= 4 is 11.8 Å². The molecule has 1 atom stereocenters. The average Bonchev–Trinajstić information content (AvgIpc) is 3.37.